The highest BCUT2D eigenvalue weighted by atomic mass is 79.9. The van der Waals surface area contributed by atoms with Crippen molar-refractivity contribution in [2.75, 3.05) is 0 Å². The van der Waals surface area contributed by atoms with Crippen molar-refractivity contribution in [3.05, 3.63) is 39.9 Å². The number of carboxylic acids is 1. The summed E-state index contributed by atoms with van der Waals surface area (Å²) >= 11 is 3.11. The number of rotatable bonds is 7. The lowest BCUT2D eigenvalue weighted by Crippen LogP contribution is -2.26. The second kappa shape index (κ2) is 7.63. The molecule has 8 heteroatoms. The highest BCUT2D eigenvalue weighted by Gasteiger charge is 2.32. The van der Waals surface area contributed by atoms with Crippen molar-refractivity contribution in [2.24, 2.45) is 11.8 Å². The maximum Gasteiger partial charge on any atom is 0.307 e. The Kier molecular flexibility index (Phi) is 5.81. The number of nitrogens with one attached hydrogen (secondary N) is 1. The van der Waals surface area contributed by atoms with Crippen LogP contribution in [0.25, 0.3) is 0 Å². The van der Waals surface area contributed by atoms with E-state index in [1.807, 2.05) is 13.8 Å². The Morgan fingerprint density at radius 1 is 1.43 bits per heavy atom. The molecule has 0 bridgehead atoms. The number of aromatic amines is 1. The molecule has 0 radical (unpaired) electrons. The molecule has 1 heterocycles. The normalized spacial score (nSPS) is 14.0. The molecule has 124 valence electrons. The number of tetrazole rings is 1. The third-order valence-electron chi connectivity index (χ3n) is 3.68. The lowest BCUT2D eigenvalue weighted by Gasteiger charge is -2.23. The van der Waals surface area contributed by atoms with E-state index in [0.717, 1.165) is 0 Å². The van der Waals surface area contributed by atoms with Crippen LogP contribution in [0.5, 0.6) is 0 Å². The number of hydrogen-bond donors (Lipinski definition) is 2. The molecule has 6 nitrogen and oxygen atoms in total. The van der Waals surface area contributed by atoms with Crippen molar-refractivity contribution in [3.63, 3.8) is 0 Å². The maximum absolute atomic E-state index is 13.7. The molecule has 0 saturated heterocycles. The second-order valence-electron chi connectivity index (χ2n) is 5.92. The zero-order valence-corrected chi connectivity index (χ0v) is 14.4. The fourth-order valence-electron chi connectivity index (χ4n) is 2.62. The van der Waals surface area contributed by atoms with Crippen molar-refractivity contribution < 1.29 is 14.3 Å². The van der Waals surface area contributed by atoms with Crippen LogP contribution in [0.15, 0.2) is 22.7 Å². The van der Waals surface area contributed by atoms with Gasteiger partial charge in [0.2, 0.25) is 0 Å². The number of carboxylic acid groups (broad SMARTS) is 1. The minimum Gasteiger partial charge on any atom is -0.481 e. The fraction of sp³-hybridized carbons (Fsp3) is 0.467. The predicted molar refractivity (Wildman–Crippen MR) is 85.3 cm³/mol. The van der Waals surface area contributed by atoms with Crippen LogP contribution >= 0.6 is 15.9 Å². The number of carbonyl (C=O) groups is 1. The molecule has 2 atom stereocenters. The third kappa shape index (κ3) is 4.57. The highest BCUT2D eigenvalue weighted by molar-refractivity contribution is 9.10. The van der Waals surface area contributed by atoms with Crippen LogP contribution in [0, 0.1) is 17.7 Å². The monoisotopic (exact) mass is 384 g/mol. The average Bonchev–Trinajstić information content (AvgIpc) is 3.00. The van der Waals surface area contributed by atoms with Gasteiger partial charge in [0, 0.05) is 5.92 Å². The quantitative estimate of drug-likeness (QED) is 0.764. The molecular weight excluding hydrogens is 367 g/mol. The van der Waals surface area contributed by atoms with Gasteiger partial charge in [-0.25, -0.2) is 9.49 Å². The summed E-state index contributed by atoms with van der Waals surface area (Å²) in [4.78, 5) is 11.7. The summed E-state index contributed by atoms with van der Waals surface area (Å²) in [6.07, 6.45) is 0.824. The summed E-state index contributed by atoms with van der Waals surface area (Å²) in [6, 6.07) is 4.77. The Morgan fingerprint density at radius 2 is 2.17 bits per heavy atom. The fourth-order valence-corrected chi connectivity index (χ4v) is 2.87. The average molecular weight is 385 g/mol. The van der Waals surface area contributed by atoms with Crippen molar-refractivity contribution >= 4 is 21.9 Å². The molecule has 1 aromatic heterocycles. The van der Waals surface area contributed by atoms with Crippen LogP contribution in [0.3, 0.4) is 0 Å². The van der Waals surface area contributed by atoms with E-state index >= 15 is 0 Å². The number of hydrogen-bond acceptors (Lipinski definition) is 4. The summed E-state index contributed by atoms with van der Waals surface area (Å²) in [5, 5.41) is 23.2. The molecule has 0 unspecified atom stereocenters. The Balaban J connectivity index is 2.33. The first-order chi connectivity index (χ1) is 10.9. The number of aromatic nitrogens is 4. The van der Waals surface area contributed by atoms with Crippen LogP contribution in [0.2, 0.25) is 0 Å². The van der Waals surface area contributed by atoms with Gasteiger partial charge in [0.25, 0.3) is 0 Å². The second-order valence-corrected chi connectivity index (χ2v) is 6.77. The SMILES string of the molecule is CC(C)C[C@H](C(=O)O)[C@H](Cc1ccc(Br)c(F)c1)c1nnn[nH]1. The molecule has 2 rings (SSSR count). The van der Waals surface area contributed by atoms with Gasteiger partial charge in [-0.3, -0.25) is 4.79 Å². The van der Waals surface area contributed by atoms with Gasteiger partial charge in [0.1, 0.15) is 5.82 Å². The molecule has 1 aromatic carbocycles. The molecule has 0 aliphatic rings. The molecule has 0 fully saturated rings. The van der Waals surface area contributed by atoms with Crippen LogP contribution in [-0.2, 0) is 11.2 Å². The first-order valence-electron chi connectivity index (χ1n) is 7.28. The zero-order chi connectivity index (χ0) is 17.0. The molecule has 0 aliphatic carbocycles. The van der Waals surface area contributed by atoms with Gasteiger partial charge < -0.3 is 5.11 Å². The smallest absolute Gasteiger partial charge is 0.307 e. The predicted octanol–water partition coefficient (Wildman–Crippen LogP) is 3.17. The Bertz CT molecular complexity index is 664. The number of nitrogens with zero attached hydrogens (tertiary/aromatic N) is 3. The molecule has 0 amide bonds. The van der Waals surface area contributed by atoms with Gasteiger partial charge in [0.05, 0.1) is 10.4 Å². The standard InChI is InChI=1S/C15H18BrFN4O2/c1-8(2)5-11(15(22)23)10(14-18-20-21-19-14)6-9-3-4-12(16)13(17)7-9/h3-4,7-8,10-11H,5-6H2,1-2H3,(H,22,23)(H,18,19,20,21)/t10-,11-/m0/s1. The zero-order valence-electron chi connectivity index (χ0n) is 12.8. The number of aliphatic carboxylic acids is 1. The minimum absolute atomic E-state index is 0.205. The van der Waals surface area contributed by atoms with Gasteiger partial charge in [-0.05, 0) is 62.8 Å². The van der Waals surface area contributed by atoms with Gasteiger partial charge in [-0.2, -0.15) is 0 Å². The Hall–Kier alpha value is -1.83. The molecule has 0 saturated carbocycles. The Morgan fingerprint density at radius 3 is 2.70 bits per heavy atom. The van der Waals surface area contributed by atoms with E-state index < -0.39 is 17.8 Å². The van der Waals surface area contributed by atoms with Crippen LogP contribution in [0.1, 0.15) is 37.6 Å². The third-order valence-corrected chi connectivity index (χ3v) is 4.32. The van der Waals surface area contributed by atoms with Crippen LogP contribution in [-0.4, -0.2) is 31.7 Å². The lowest BCUT2D eigenvalue weighted by atomic mass is 9.81. The van der Waals surface area contributed by atoms with Gasteiger partial charge >= 0.3 is 5.97 Å². The first-order valence-corrected chi connectivity index (χ1v) is 8.08. The molecule has 23 heavy (non-hydrogen) atoms. The van der Waals surface area contributed by atoms with Crippen molar-refractivity contribution in [3.8, 4) is 0 Å². The van der Waals surface area contributed by atoms with E-state index in [4.69, 9.17) is 0 Å². The van der Waals surface area contributed by atoms with E-state index in [-0.39, 0.29) is 11.7 Å². The number of halogens is 2. The number of benzene rings is 1. The summed E-state index contributed by atoms with van der Waals surface area (Å²) in [7, 11) is 0. The summed E-state index contributed by atoms with van der Waals surface area (Å²) in [5.41, 5.74) is 0.696. The lowest BCUT2D eigenvalue weighted by molar-refractivity contribution is -0.143. The van der Waals surface area contributed by atoms with E-state index in [1.165, 1.54) is 6.07 Å². The van der Waals surface area contributed by atoms with Crippen molar-refractivity contribution in [1.82, 2.24) is 20.6 Å². The van der Waals surface area contributed by atoms with Crippen molar-refractivity contribution in [1.29, 1.82) is 0 Å². The van der Waals surface area contributed by atoms with E-state index in [0.29, 0.717) is 28.7 Å². The minimum atomic E-state index is -0.905. The molecule has 0 spiro atoms. The molecular formula is C15H18BrFN4O2. The van der Waals surface area contributed by atoms with E-state index in [1.54, 1.807) is 12.1 Å². The van der Waals surface area contributed by atoms with Gasteiger partial charge in [-0.1, -0.05) is 19.9 Å². The number of H-pyrrole nitrogens is 1. The summed E-state index contributed by atoms with van der Waals surface area (Å²) in [6.45, 7) is 3.93. The molecule has 2 aromatic rings. The van der Waals surface area contributed by atoms with Gasteiger partial charge in [0.15, 0.2) is 5.82 Å². The van der Waals surface area contributed by atoms with Crippen LogP contribution < -0.4 is 0 Å². The summed E-state index contributed by atoms with van der Waals surface area (Å²) in [5.74, 6) is -1.79. The molecule has 0 aliphatic heterocycles. The highest BCUT2D eigenvalue weighted by Crippen LogP contribution is 2.31. The van der Waals surface area contributed by atoms with Crippen LogP contribution in [0.4, 0.5) is 4.39 Å². The van der Waals surface area contributed by atoms with E-state index in [2.05, 4.69) is 36.6 Å². The van der Waals surface area contributed by atoms with E-state index in [9.17, 15) is 14.3 Å². The van der Waals surface area contributed by atoms with Crippen molar-refractivity contribution in [2.45, 2.75) is 32.6 Å². The molecule has 2 N–H and O–H groups in total. The first kappa shape index (κ1) is 17.5. The Labute approximate surface area is 141 Å². The summed E-state index contributed by atoms with van der Waals surface area (Å²) < 4.78 is 14.1. The van der Waals surface area contributed by atoms with Gasteiger partial charge in [-0.15, -0.1) is 5.10 Å². The largest absolute Gasteiger partial charge is 0.481 e. The topological polar surface area (TPSA) is 91.8 Å². The maximum atomic E-state index is 13.7.